The number of nitrogens with one attached hydrogen (secondary N) is 2. The number of benzene rings is 2. The Kier molecular flexibility index (Phi) is 4.95. The lowest BCUT2D eigenvalue weighted by molar-refractivity contribution is -0.136. The van der Waals surface area contributed by atoms with Crippen LogP contribution in [0.25, 0.3) is 11.3 Å². The van der Waals surface area contributed by atoms with Gasteiger partial charge in [0.2, 0.25) is 0 Å². The summed E-state index contributed by atoms with van der Waals surface area (Å²) in [7, 11) is 0. The number of anilines is 2. The summed E-state index contributed by atoms with van der Waals surface area (Å²) in [5.41, 5.74) is 1.43. The molecule has 3 aromatic rings. The normalized spacial score (nSPS) is 11.2. The Balaban J connectivity index is 1.69. The second-order valence-corrected chi connectivity index (χ2v) is 6.01. The maximum absolute atomic E-state index is 13.0. The van der Waals surface area contributed by atoms with Crippen molar-refractivity contribution in [2.75, 3.05) is 10.6 Å². The lowest BCUT2D eigenvalue weighted by atomic mass is 10.1. The Hall–Kier alpha value is -2.52. The standard InChI is InChI=1S/C16H11F3N4S2/c17-16(18,19)12-3-1-2-4-13(12)21-15(24)20-11-7-5-10(6-8-11)14-9-25-23-22-14/h1-9H,(H2,20,21,24). The third kappa shape index (κ3) is 4.31. The highest BCUT2D eigenvalue weighted by Crippen LogP contribution is 2.34. The molecule has 0 radical (unpaired) electrons. The van der Waals surface area contributed by atoms with E-state index in [9.17, 15) is 13.2 Å². The largest absolute Gasteiger partial charge is 0.418 e. The number of nitrogens with zero attached hydrogens (tertiary/aromatic N) is 2. The fourth-order valence-electron chi connectivity index (χ4n) is 2.14. The molecule has 0 amide bonds. The molecule has 0 aliphatic carbocycles. The second kappa shape index (κ2) is 7.16. The van der Waals surface area contributed by atoms with Crippen molar-refractivity contribution in [1.82, 2.24) is 9.59 Å². The highest BCUT2D eigenvalue weighted by atomic mass is 32.1. The number of rotatable bonds is 3. The average molecular weight is 380 g/mol. The zero-order chi connectivity index (χ0) is 17.9. The van der Waals surface area contributed by atoms with Gasteiger partial charge in [-0.15, -0.1) is 5.10 Å². The van der Waals surface area contributed by atoms with Crippen LogP contribution < -0.4 is 10.6 Å². The van der Waals surface area contributed by atoms with Gasteiger partial charge in [-0.1, -0.05) is 28.8 Å². The highest BCUT2D eigenvalue weighted by Gasteiger charge is 2.33. The van der Waals surface area contributed by atoms with Crippen molar-refractivity contribution in [3.8, 4) is 11.3 Å². The van der Waals surface area contributed by atoms with E-state index in [1.165, 1.54) is 29.7 Å². The molecule has 128 valence electrons. The van der Waals surface area contributed by atoms with Crippen molar-refractivity contribution in [3.63, 3.8) is 0 Å². The number of aromatic nitrogens is 2. The van der Waals surface area contributed by atoms with E-state index >= 15 is 0 Å². The van der Waals surface area contributed by atoms with Crippen LogP contribution in [0.5, 0.6) is 0 Å². The minimum absolute atomic E-state index is 0.0692. The first-order chi connectivity index (χ1) is 11.9. The van der Waals surface area contributed by atoms with E-state index in [0.717, 1.165) is 17.3 Å². The van der Waals surface area contributed by atoms with Crippen LogP contribution >= 0.6 is 23.8 Å². The molecule has 2 aromatic carbocycles. The molecule has 4 nitrogen and oxygen atoms in total. The molecule has 0 bridgehead atoms. The summed E-state index contributed by atoms with van der Waals surface area (Å²) in [6, 6.07) is 12.3. The smallest absolute Gasteiger partial charge is 0.332 e. The molecule has 0 atom stereocenters. The molecule has 0 unspecified atom stereocenters. The van der Waals surface area contributed by atoms with Crippen molar-refractivity contribution in [3.05, 3.63) is 59.5 Å². The highest BCUT2D eigenvalue weighted by molar-refractivity contribution is 7.80. The summed E-state index contributed by atoms with van der Waals surface area (Å²) in [5, 5.41) is 11.3. The topological polar surface area (TPSA) is 49.8 Å². The average Bonchev–Trinajstić information content (AvgIpc) is 3.09. The van der Waals surface area contributed by atoms with Crippen LogP contribution in [-0.2, 0) is 6.18 Å². The van der Waals surface area contributed by atoms with E-state index in [-0.39, 0.29) is 10.8 Å². The Morgan fingerprint density at radius 2 is 1.72 bits per heavy atom. The zero-order valence-electron chi connectivity index (χ0n) is 12.5. The van der Waals surface area contributed by atoms with Crippen LogP contribution in [0.2, 0.25) is 0 Å². The number of alkyl halides is 3. The van der Waals surface area contributed by atoms with Crippen molar-refractivity contribution in [2.45, 2.75) is 6.18 Å². The van der Waals surface area contributed by atoms with E-state index < -0.39 is 11.7 Å². The first-order valence-electron chi connectivity index (χ1n) is 7.05. The van der Waals surface area contributed by atoms with Gasteiger partial charge in [0.1, 0.15) is 5.69 Å². The van der Waals surface area contributed by atoms with Crippen molar-refractivity contribution in [2.24, 2.45) is 0 Å². The van der Waals surface area contributed by atoms with Gasteiger partial charge in [0.05, 0.1) is 11.3 Å². The van der Waals surface area contributed by atoms with Gasteiger partial charge in [-0.2, -0.15) is 13.2 Å². The summed E-state index contributed by atoms with van der Waals surface area (Å²) < 4.78 is 42.8. The molecule has 9 heteroatoms. The Bertz CT molecular complexity index is 862. The summed E-state index contributed by atoms with van der Waals surface area (Å²) in [6.07, 6.45) is -4.46. The first kappa shape index (κ1) is 17.3. The zero-order valence-corrected chi connectivity index (χ0v) is 14.2. The lowest BCUT2D eigenvalue weighted by Gasteiger charge is -2.15. The molecular formula is C16H11F3N4S2. The minimum Gasteiger partial charge on any atom is -0.332 e. The summed E-state index contributed by atoms with van der Waals surface area (Å²) in [4.78, 5) is 0. The summed E-state index contributed by atoms with van der Waals surface area (Å²) in [5.74, 6) is 0. The van der Waals surface area contributed by atoms with E-state index in [1.807, 2.05) is 17.5 Å². The quantitative estimate of drug-likeness (QED) is 0.624. The molecule has 0 saturated carbocycles. The van der Waals surface area contributed by atoms with E-state index in [0.29, 0.717) is 5.69 Å². The third-order valence-electron chi connectivity index (χ3n) is 3.28. The van der Waals surface area contributed by atoms with Crippen LogP contribution in [-0.4, -0.2) is 14.7 Å². The molecule has 0 aliphatic rings. The van der Waals surface area contributed by atoms with Crippen LogP contribution in [0.1, 0.15) is 5.56 Å². The fraction of sp³-hybridized carbons (Fsp3) is 0.0625. The van der Waals surface area contributed by atoms with Crippen LogP contribution in [0, 0.1) is 0 Å². The molecule has 1 heterocycles. The molecule has 0 fully saturated rings. The van der Waals surface area contributed by atoms with Crippen molar-refractivity contribution in [1.29, 1.82) is 0 Å². The van der Waals surface area contributed by atoms with Gasteiger partial charge in [-0.25, -0.2) is 0 Å². The van der Waals surface area contributed by atoms with Gasteiger partial charge in [-0.05, 0) is 48.0 Å². The Labute approximate surface area is 150 Å². The molecule has 25 heavy (non-hydrogen) atoms. The summed E-state index contributed by atoms with van der Waals surface area (Å²) in [6.45, 7) is 0. The molecular weight excluding hydrogens is 369 g/mol. The third-order valence-corrected chi connectivity index (χ3v) is 3.99. The van der Waals surface area contributed by atoms with Crippen LogP contribution in [0.3, 0.4) is 0 Å². The lowest BCUT2D eigenvalue weighted by Crippen LogP contribution is -2.21. The molecule has 0 spiro atoms. The van der Waals surface area contributed by atoms with Gasteiger partial charge < -0.3 is 10.6 Å². The van der Waals surface area contributed by atoms with Crippen molar-refractivity contribution >= 4 is 40.2 Å². The Morgan fingerprint density at radius 3 is 2.36 bits per heavy atom. The maximum Gasteiger partial charge on any atom is 0.418 e. The molecule has 2 N–H and O–H groups in total. The fourth-order valence-corrected chi connectivity index (χ4v) is 2.83. The van der Waals surface area contributed by atoms with E-state index in [2.05, 4.69) is 20.2 Å². The molecule has 1 aromatic heterocycles. The second-order valence-electron chi connectivity index (χ2n) is 4.99. The monoisotopic (exact) mass is 380 g/mol. The SMILES string of the molecule is FC(F)(F)c1ccccc1NC(=S)Nc1ccc(-c2csnn2)cc1. The van der Waals surface area contributed by atoms with Gasteiger partial charge in [0.25, 0.3) is 0 Å². The van der Waals surface area contributed by atoms with Crippen molar-refractivity contribution < 1.29 is 13.2 Å². The van der Waals surface area contributed by atoms with Gasteiger partial charge >= 0.3 is 6.18 Å². The number of hydrogen-bond acceptors (Lipinski definition) is 4. The first-order valence-corrected chi connectivity index (χ1v) is 8.30. The molecule has 3 rings (SSSR count). The molecule has 0 aliphatic heterocycles. The minimum atomic E-state index is -4.46. The number of thiocarbonyl (C=S) groups is 1. The number of halogens is 3. The number of para-hydroxylation sites is 1. The predicted octanol–water partition coefficient (Wildman–Crippen LogP) is 5.03. The predicted molar refractivity (Wildman–Crippen MR) is 96.6 cm³/mol. The van der Waals surface area contributed by atoms with Crippen LogP contribution in [0.15, 0.2) is 53.9 Å². The van der Waals surface area contributed by atoms with E-state index in [1.54, 1.807) is 12.1 Å². The van der Waals surface area contributed by atoms with Gasteiger partial charge in [0, 0.05) is 16.6 Å². The Morgan fingerprint density at radius 1 is 1.00 bits per heavy atom. The van der Waals surface area contributed by atoms with Crippen LogP contribution in [0.4, 0.5) is 24.5 Å². The van der Waals surface area contributed by atoms with Gasteiger partial charge in [0.15, 0.2) is 5.11 Å². The summed E-state index contributed by atoms with van der Waals surface area (Å²) >= 11 is 6.36. The number of hydrogen-bond donors (Lipinski definition) is 2. The van der Waals surface area contributed by atoms with E-state index in [4.69, 9.17) is 12.2 Å². The maximum atomic E-state index is 13.0. The van der Waals surface area contributed by atoms with Gasteiger partial charge in [-0.3, -0.25) is 0 Å². The molecule has 0 saturated heterocycles.